The van der Waals surface area contributed by atoms with Gasteiger partial charge in [0.2, 0.25) is 16.3 Å². The van der Waals surface area contributed by atoms with Crippen LogP contribution in [0.1, 0.15) is 77.6 Å². The highest BCUT2D eigenvalue weighted by atomic mass is 32.3. The molecule has 1 amide bonds. The molecule has 8 heteroatoms. The van der Waals surface area contributed by atoms with Crippen LogP contribution < -0.4 is 11.1 Å². The van der Waals surface area contributed by atoms with Crippen LogP contribution in [-0.4, -0.2) is 39.1 Å². The van der Waals surface area contributed by atoms with Crippen molar-refractivity contribution in [3.05, 3.63) is 0 Å². The van der Waals surface area contributed by atoms with E-state index in [1.807, 2.05) is 0 Å². The Morgan fingerprint density at radius 2 is 1.46 bits per heavy atom. The first-order chi connectivity index (χ1) is 11.4. The second kappa shape index (κ2) is 18.6. The minimum atomic E-state index is -4.41. The number of nitrogens with one attached hydrogen (secondary N) is 1. The Kier molecular flexibility index (Phi) is 19.8. The molecule has 0 aromatic carbocycles. The number of unbranched alkanes of at least 4 members (excludes halogenated alkanes) is 8. The average Bonchev–Trinajstić information content (AvgIpc) is 2.53. The number of hydrogen-bond donors (Lipinski definition) is 2. The summed E-state index contributed by atoms with van der Waals surface area (Å²) in [5, 5.41) is 2.93. The van der Waals surface area contributed by atoms with Crippen molar-refractivity contribution in [1.82, 2.24) is 5.32 Å². The molecule has 0 aliphatic carbocycles. The minimum absolute atomic E-state index is 0.214. The molecule has 7 nitrogen and oxygen atoms in total. The Balaban J connectivity index is 0. The van der Waals surface area contributed by atoms with Crippen molar-refractivity contribution < 1.29 is 27.7 Å². The molecule has 0 aromatic heterocycles. The number of hydrogen-bond acceptors (Lipinski definition) is 5. The molecule has 0 aliphatic heterocycles. The highest BCUT2D eigenvalue weighted by Crippen LogP contribution is 2.10. The molecule has 0 rings (SSSR count). The lowest BCUT2D eigenvalue weighted by Crippen LogP contribution is -2.51. The molecule has 0 radical (unpaired) electrons. The summed E-state index contributed by atoms with van der Waals surface area (Å²) in [4.78, 5) is 11.4. The number of rotatable bonds is 14. The van der Waals surface area contributed by atoms with E-state index in [0.717, 1.165) is 33.0 Å². The fourth-order valence-electron chi connectivity index (χ4n) is 2.04. The SMILES string of the molecule is CCCCCCCCCCCC(=O)NCCC[NH3+].COS(=O)(=O)[O-]. The Morgan fingerprint density at radius 1 is 1.00 bits per heavy atom. The van der Waals surface area contributed by atoms with Crippen LogP contribution in [0.25, 0.3) is 0 Å². The molecule has 0 saturated heterocycles. The Morgan fingerprint density at radius 3 is 1.88 bits per heavy atom. The molecule has 146 valence electrons. The summed E-state index contributed by atoms with van der Waals surface area (Å²) in [5.74, 6) is 0.214. The third-order valence-electron chi connectivity index (χ3n) is 3.46. The summed E-state index contributed by atoms with van der Waals surface area (Å²) in [7, 11) is -3.60. The van der Waals surface area contributed by atoms with Crippen LogP contribution in [0.2, 0.25) is 0 Å². The van der Waals surface area contributed by atoms with Gasteiger partial charge < -0.3 is 15.6 Å². The largest absolute Gasteiger partial charge is 0.726 e. The number of quaternary nitrogens is 1. The van der Waals surface area contributed by atoms with Crippen molar-refractivity contribution >= 4 is 16.3 Å². The minimum Gasteiger partial charge on any atom is -0.726 e. The van der Waals surface area contributed by atoms with E-state index in [-0.39, 0.29) is 5.91 Å². The van der Waals surface area contributed by atoms with Crippen LogP contribution in [0.5, 0.6) is 0 Å². The van der Waals surface area contributed by atoms with Crippen molar-refractivity contribution in [2.75, 3.05) is 20.2 Å². The van der Waals surface area contributed by atoms with Crippen LogP contribution in [0.3, 0.4) is 0 Å². The average molecular weight is 369 g/mol. The fraction of sp³-hybridized carbons (Fsp3) is 0.938. The van der Waals surface area contributed by atoms with Gasteiger partial charge in [0, 0.05) is 19.4 Å². The zero-order chi connectivity index (χ0) is 18.7. The van der Waals surface area contributed by atoms with E-state index < -0.39 is 10.4 Å². The summed E-state index contributed by atoms with van der Waals surface area (Å²) in [6.07, 6.45) is 13.4. The Hall–Kier alpha value is -0.700. The van der Waals surface area contributed by atoms with E-state index in [9.17, 15) is 17.8 Å². The number of carbonyl (C=O) groups is 1. The van der Waals surface area contributed by atoms with Gasteiger partial charge in [-0.25, -0.2) is 8.42 Å². The molecular formula is C16H36N2O5S. The highest BCUT2D eigenvalue weighted by Gasteiger charge is 2.00. The van der Waals surface area contributed by atoms with Gasteiger partial charge in [0.15, 0.2) is 0 Å². The van der Waals surface area contributed by atoms with Crippen LogP contribution in [-0.2, 0) is 19.4 Å². The van der Waals surface area contributed by atoms with Gasteiger partial charge in [-0.15, -0.1) is 0 Å². The molecule has 0 heterocycles. The number of amides is 1. The van der Waals surface area contributed by atoms with Gasteiger partial charge in [0.05, 0.1) is 13.7 Å². The van der Waals surface area contributed by atoms with E-state index in [1.54, 1.807) is 0 Å². The molecule has 0 spiro atoms. The molecule has 0 unspecified atom stereocenters. The van der Waals surface area contributed by atoms with Crippen molar-refractivity contribution in [2.24, 2.45) is 0 Å². The summed E-state index contributed by atoms with van der Waals surface area (Å²) in [6, 6.07) is 0. The van der Waals surface area contributed by atoms with Gasteiger partial charge >= 0.3 is 0 Å². The normalized spacial score (nSPS) is 10.8. The van der Waals surface area contributed by atoms with Crippen LogP contribution >= 0.6 is 0 Å². The van der Waals surface area contributed by atoms with Crippen molar-refractivity contribution in [3.8, 4) is 0 Å². The quantitative estimate of drug-likeness (QED) is 0.275. The van der Waals surface area contributed by atoms with Gasteiger partial charge in [0.1, 0.15) is 0 Å². The summed E-state index contributed by atoms with van der Waals surface area (Å²) < 4.78 is 31.0. The first kappa shape index (κ1) is 25.5. The van der Waals surface area contributed by atoms with Crippen LogP contribution in [0.4, 0.5) is 0 Å². The van der Waals surface area contributed by atoms with E-state index in [2.05, 4.69) is 22.2 Å². The third kappa shape index (κ3) is 26.2. The zero-order valence-corrected chi connectivity index (χ0v) is 16.2. The second-order valence-corrected chi connectivity index (χ2v) is 6.86. The molecule has 0 aliphatic rings. The molecule has 4 N–H and O–H groups in total. The van der Waals surface area contributed by atoms with Crippen LogP contribution in [0, 0.1) is 0 Å². The monoisotopic (exact) mass is 368 g/mol. The van der Waals surface area contributed by atoms with Gasteiger partial charge in [-0.1, -0.05) is 58.3 Å². The second-order valence-electron chi connectivity index (χ2n) is 5.71. The first-order valence-corrected chi connectivity index (χ1v) is 10.3. The standard InChI is InChI=1S/C15H32N2O.CH4O4S/c1-2-3-4-5-6-7-8-9-10-12-15(18)17-14-11-13-16;1-5-6(2,3)4/h2-14,16H2,1H3,(H,17,18);1H3,(H,2,3,4). The van der Waals surface area contributed by atoms with Gasteiger partial charge in [0.25, 0.3) is 0 Å². The maximum absolute atomic E-state index is 11.4. The molecular weight excluding hydrogens is 332 g/mol. The van der Waals surface area contributed by atoms with E-state index in [1.165, 1.54) is 51.4 Å². The summed E-state index contributed by atoms with van der Waals surface area (Å²) >= 11 is 0. The van der Waals surface area contributed by atoms with Gasteiger partial charge in [-0.2, -0.15) is 0 Å². The van der Waals surface area contributed by atoms with E-state index in [4.69, 9.17) is 0 Å². The first-order valence-electron chi connectivity index (χ1n) is 8.94. The maximum atomic E-state index is 11.4. The highest BCUT2D eigenvalue weighted by molar-refractivity contribution is 7.80. The Bertz CT molecular complexity index is 375. The Labute approximate surface area is 147 Å². The summed E-state index contributed by atoms with van der Waals surface area (Å²) in [5.41, 5.74) is 3.75. The fourth-order valence-corrected chi connectivity index (χ4v) is 2.04. The van der Waals surface area contributed by atoms with Crippen LogP contribution in [0.15, 0.2) is 0 Å². The van der Waals surface area contributed by atoms with E-state index in [0.29, 0.717) is 6.42 Å². The molecule has 24 heavy (non-hydrogen) atoms. The lowest BCUT2D eigenvalue weighted by Gasteiger charge is -2.04. The topological polar surface area (TPSA) is 123 Å². The van der Waals surface area contributed by atoms with E-state index >= 15 is 0 Å². The van der Waals surface area contributed by atoms with Crippen molar-refractivity contribution in [2.45, 2.75) is 77.6 Å². The predicted molar refractivity (Wildman–Crippen MR) is 93.9 cm³/mol. The molecule has 0 saturated carbocycles. The lowest BCUT2D eigenvalue weighted by atomic mass is 10.1. The maximum Gasteiger partial charge on any atom is 0.219 e. The van der Waals surface area contributed by atoms with Crippen molar-refractivity contribution in [3.63, 3.8) is 0 Å². The van der Waals surface area contributed by atoms with Crippen molar-refractivity contribution in [1.29, 1.82) is 0 Å². The van der Waals surface area contributed by atoms with Gasteiger partial charge in [-0.3, -0.25) is 8.98 Å². The molecule has 0 fully saturated rings. The smallest absolute Gasteiger partial charge is 0.219 e. The molecule has 0 atom stereocenters. The molecule has 0 aromatic rings. The van der Waals surface area contributed by atoms with Gasteiger partial charge in [-0.05, 0) is 6.42 Å². The predicted octanol–water partition coefficient (Wildman–Crippen LogP) is 1.75. The molecule has 0 bridgehead atoms. The number of carbonyl (C=O) groups excluding carboxylic acids is 1. The summed E-state index contributed by atoms with van der Waals surface area (Å²) in [6.45, 7) is 3.94. The zero-order valence-electron chi connectivity index (χ0n) is 15.3. The third-order valence-corrected chi connectivity index (χ3v) is 3.87. The lowest BCUT2D eigenvalue weighted by molar-refractivity contribution is -0.367.